The molecule has 3 nitrogen and oxygen atoms in total. The van der Waals surface area contributed by atoms with Crippen LogP contribution in [0.2, 0.25) is 0 Å². The largest absolute Gasteiger partial charge is 0.495 e. The molecule has 0 aliphatic carbocycles. The molecule has 0 amide bonds. The molecule has 2 aromatic carbocycles. The first-order valence-corrected chi connectivity index (χ1v) is 6.59. The molecule has 0 aliphatic heterocycles. The number of nitrogens with zero attached hydrogens (tertiary/aromatic N) is 1. The third-order valence-electron chi connectivity index (χ3n) is 3.48. The lowest BCUT2D eigenvalue weighted by Gasteiger charge is -2.30. The van der Waals surface area contributed by atoms with Gasteiger partial charge in [-0.25, -0.2) is 8.78 Å². The van der Waals surface area contributed by atoms with Crippen LogP contribution >= 0.6 is 0 Å². The van der Waals surface area contributed by atoms with Gasteiger partial charge in [0.15, 0.2) is 11.6 Å². The van der Waals surface area contributed by atoms with E-state index in [4.69, 9.17) is 10.5 Å². The lowest BCUT2D eigenvalue weighted by Crippen LogP contribution is -2.30. The zero-order valence-electron chi connectivity index (χ0n) is 12.0. The van der Waals surface area contributed by atoms with Crippen molar-refractivity contribution in [2.45, 2.75) is 6.04 Å². The molecule has 2 rings (SSSR count). The van der Waals surface area contributed by atoms with Crippen LogP contribution in [0, 0.1) is 11.6 Å². The Morgan fingerprint density at radius 1 is 1.14 bits per heavy atom. The Morgan fingerprint density at radius 2 is 1.86 bits per heavy atom. The zero-order valence-corrected chi connectivity index (χ0v) is 12.0. The van der Waals surface area contributed by atoms with Crippen LogP contribution in [0.1, 0.15) is 11.6 Å². The maximum atomic E-state index is 13.4. The molecule has 1 unspecified atom stereocenters. The van der Waals surface area contributed by atoms with Crippen molar-refractivity contribution in [1.29, 1.82) is 0 Å². The predicted octanol–water partition coefficient (Wildman–Crippen LogP) is 3.11. The van der Waals surface area contributed by atoms with Crippen LogP contribution in [0.5, 0.6) is 5.75 Å². The minimum Gasteiger partial charge on any atom is -0.495 e. The fourth-order valence-corrected chi connectivity index (χ4v) is 2.33. The van der Waals surface area contributed by atoms with Gasteiger partial charge < -0.3 is 15.4 Å². The smallest absolute Gasteiger partial charge is 0.159 e. The van der Waals surface area contributed by atoms with Crippen LogP contribution in [-0.2, 0) is 0 Å². The van der Waals surface area contributed by atoms with Gasteiger partial charge in [-0.1, -0.05) is 18.2 Å². The highest BCUT2D eigenvalue weighted by Crippen LogP contribution is 2.32. The highest BCUT2D eigenvalue weighted by molar-refractivity contribution is 5.59. The van der Waals surface area contributed by atoms with Crippen molar-refractivity contribution in [2.24, 2.45) is 5.73 Å². The number of ether oxygens (including phenoxy) is 1. The SMILES string of the molecule is COc1ccccc1N(C)C(CN)c1ccc(F)c(F)c1. The topological polar surface area (TPSA) is 38.5 Å². The van der Waals surface area contributed by atoms with Gasteiger partial charge in [-0.3, -0.25) is 0 Å². The first-order chi connectivity index (χ1) is 10.1. The minimum absolute atomic E-state index is 0.264. The van der Waals surface area contributed by atoms with Crippen LogP contribution in [0.3, 0.4) is 0 Å². The molecule has 112 valence electrons. The standard InChI is InChI=1S/C16H18F2N2O/c1-20(14-5-3-4-6-16(14)21-2)15(10-19)11-7-8-12(17)13(18)9-11/h3-9,15H,10,19H2,1-2H3. The number of nitrogens with two attached hydrogens (primary N) is 1. The Bertz CT molecular complexity index is 619. The van der Waals surface area contributed by atoms with Crippen LogP contribution in [0.4, 0.5) is 14.5 Å². The molecule has 2 aromatic rings. The Labute approximate surface area is 122 Å². The van der Waals surface area contributed by atoms with Crippen molar-refractivity contribution in [2.75, 3.05) is 25.6 Å². The lowest BCUT2D eigenvalue weighted by atomic mass is 10.0. The number of hydrogen-bond donors (Lipinski definition) is 1. The summed E-state index contributed by atoms with van der Waals surface area (Å²) in [6.45, 7) is 0.264. The third kappa shape index (κ3) is 3.13. The Hall–Kier alpha value is -2.14. The Kier molecular flexibility index (Phi) is 4.75. The van der Waals surface area contributed by atoms with E-state index in [9.17, 15) is 8.78 Å². The van der Waals surface area contributed by atoms with Crippen LogP contribution < -0.4 is 15.4 Å². The first-order valence-electron chi connectivity index (χ1n) is 6.59. The van der Waals surface area contributed by atoms with E-state index in [1.54, 1.807) is 13.2 Å². The predicted molar refractivity (Wildman–Crippen MR) is 79.6 cm³/mol. The monoisotopic (exact) mass is 292 g/mol. The molecule has 0 spiro atoms. The molecular formula is C16H18F2N2O. The summed E-state index contributed by atoms with van der Waals surface area (Å²) in [4.78, 5) is 1.89. The number of halogens is 2. The van der Waals surface area contributed by atoms with E-state index < -0.39 is 11.6 Å². The number of hydrogen-bond acceptors (Lipinski definition) is 3. The van der Waals surface area contributed by atoms with E-state index in [0.29, 0.717) is 11.3 Å². The summed E-state index contributed by atoms with van der Waals surface area (Å²) in [5.74, 6) is -1.05. The molecule has 0 saturated carbocycles. The first kappa shape index (κ1) is 15.3. The molecule has 21 heavy (non-hydrogen) atoms. The normalized spacial score (nSPS) is 12.0. The average Bonchev–Trinajstić information content (AvgIpc) is 2.51. The van der Waals surface area contributed by atoms with Gasteiger partial charge in [0.25, 0.3) is 0 Å². The summed E-state index contributed by atoms with van der Waals surface area (Å²) in [6, 6.07) is 11.0. The summed E-state index contributed by atoms with van der Waals surface area (Å²) in [5.41, 5.74) is 7.27. The summed E-state index contributed by atoms with van der Waals surface area (Å²) in [6.07, 6.45) is 0. The minimum atomic E-state index is -0.876. The van der Waals surface area contributed by atoms with Crippen LogP contribution in [0.25, 0.3) is 0 Å². The molecule has 0 aliphatic rings. The maximum absolute atomic E-state index is 13.4. The highest BCUT2D eigenvalue weighted by Gasteiger charge is 2.19. The second kappa shape index (κ2) is 6.54. The highest BCUT2D eigenvalue weighted by atomic mass is 19.2. The molecule has 0 aromatic heterocycles. The van der Waals surface area contributed by atoms with E-state index in [1.807, 2.05) is 36.2 Å². The number of likely N-dealkylation sites (N-methyl/N-ethyl adjacent to an activating group) is 1. The molecule has 5 heteroatoms. The van der Waals surface area contributed by atoms with Crippen molar-refractivity contribution in [3.63, 3.8) is 0 Å². The van der Waals surface area contributed by atoms with Gasteiger partial charge in [0, 0.05) is 13.6 Å². The van der Waals surface area contributed by atoms with E-state index >= 15 is 0 Å². The van der Waals surface area contributed by atoms with E-state index in [2.05, 4.69) is 0 Å². The molecule has 0 fully saturated rings. The average molecular weight is 292 g/mol. The summed E-state index contributed by atoms with van der Waals surface area (Å²) < 4.78 is 31.8. The number of anilines is 1. The van der Waals surface area contributed by atoms with Crippen LogP contribution in [0.15, 0.2) is 42.5 Å². The van der Waals surface area contributed by atoms with E-state index in [0.717, 1.165) is 11.8 Å². The molecule has 0 heterocycles. The second-order valence-electron chi connectivity index (χ2n) is 4.71. The summed E-state index contributed by atoms with van der Waals surface area (Å²) in [7, 11) is 3.43. The Morgan fingerprint density at radius 3 is 2.48 bits per heavy atom. The number of rotatable bonds is 5. The van der Waals surface area contributed by atoms with Gasteiger partial charge in [0.05, 0.1) is 18.8 Å². The number of para-hydroxylation sites is 2. The van der Waals surface area contributed by atoms with Gasteiger partial charge in [-0.2, -0.15) is 0 Å². The molecule has 1 atom stereocenters. The molecular weight excluding hydrogens is 274 g/mol. The number of methoxy groups -OCH3 is 1. The fourth-order valence-electron chi connectivity index (χ4n) is 2.33. The summed E-state index contributed by atoms with van der Waals surface area (Å²) >= 11 is 0. The van der Waals surface area contributed by atoms with Gasteiger partial charge in [-0.15, -0.1) is 0 Å². The second-order valence-corrected chi connectivity index (χ2v) is 4.71. The van der Waals surface area contributed by atoms with Gasteiger partial charge in [-0.05, 0) is 29.8 Å². The van der Waals surface area contributed by atoms with E-state index in [1.165, 1.54) is 6.07 Å². The molecule has 0 saturated heterocycles. The fraction of sp³-hybridized carbons (Fsp3) is 0.250. The van der Waals surface area contributed by atoms with Gasteiger partial charge in [0.1, 0.15) is 5.75 Å². The van der Waals surface area contributed by atoms with Crippen molar-refractivity contribution >= 4 is 5.69 Å². The van der Waals surface area contributed by atoms with Crippen molar-refractivity contribution in [3.05, 3.63) is 59.7 Å². The number of benzene rings is 2. The summed E-state index contributed by atoms with van der Waals surface area (Å²) in [5, 5.41) is 0. The lowest BCUT2D eigenvalue weighted by molar-refractivity contribution is 0.413. The maximum Gasteiger partial charge on any atom is 0.159 e. The van der Waals surface area contributed by atoms with E-state index in [-0.39, 0.29) is 12.6 Å². The van der Waals surface area contributed by atoms with Crippen molar-refractivity contribution in [1.82, 2.24) is 0 Å². The third-order valence-corrected chi connectivity index (χ3v) is 3.48. The molecule has 0 bridgehead atoms. The quantitative estimate of drug-likeness (QED) is 0.920. The molecule has 0 radical (unpaired) electrons. The van der Waals surface area contributed by atoms with Gasteiger partial charge in [0.2, 0.25) is 0 Å². The zero-order chi connectivity index (χ0) is 15.4. The van der Waals surface area contributed by atoms with Crippen LogP contribution in [-0.4, -0.2) is 20.7 Å². The van der Waals surface area contributed by atoms with Crippen molar-refractivity contribution < 1.29 is 13.5 Å². The Balaban J connectivity index is 2.38. The van der Waals surface area contributed by atoms with Gasteiger partial charge >= 0.3 is 0 Å². The molecule has 2 N–H and O–H groups in total. The van der Waals surface area contributed by atoms with Crippen molar-refractivity contribution in [3.8, 4) is 5.75 Å².